The van der Waals surface area contributed by atoms with Gasteiger partial charge in [-0.3, -0.25) is 0 Å². The Morgan fingerprint density at radius 1 is 0.895 bits per heavy atom. The maximum atomic E-state index is 12.4. The predicted octanol–water partition coefficient (Wildman–Crippen LogP) is 4.51. The number of rotatable bonds is 1. The Balaban J connectivity index is 2.07. The lowest BCUT2D eigenvalue weighted by molar-refractivity contribution is -0.142. The molecule has 2 aromatic carbocycles. The summed E-state index contributed by atoms with van der Waals surface area (Å²) in [6.07, 6.45) is -4.49. The molecule has 0 aliphatic carbocycles. The normalized spacial score (nSPS) is 11.9. The van der Waals surface area contributed by atoms with E-state index in [2.05, 4.69) is 5.16 Å². The third-order valence-electron chi connectivity index (χ3n) is 2.83. The molecule has 0 bridgehead atoms. The SMILES string of the molecule is FC(F)(F)c1cc(-c2ccc3ccccc3c2)on1. The average molecular weight is 263 g/mol. The van der Waals surface area contributed by atoms with Crippen LogP contribution < -0.4 is 0 Å². The number of hydrogen-bond donors (Lipinski definition) is 0. The Kier molecular flexibility index (Phi) is 2.55. The molecule has 96 valence electrons. The molecule has 0 aliphatic heterocycles. The van der Waals surface area contributed by atoms with E-state index in [0.717, 1.165) is 16.8 Å². The Hall–Kier alpha value is -2.30. The molecule has 3 rings (SSSR count). The van der Waals surface area contributed by atoms with E-state index in [9.17, 15) is 13.2 Å². The van der Waals surface area contributed by atoms with Crippen molar-refractivity contribution < 1.29 is 17.7 Å². The Labute approximate surface area is 106 Å². The van der Waals surface area contributed by atoms with Crippen molar-refractivity contribution >= 4 is 10.8 Å². The zero-order chi connectivity index (χ0) is 13.5. The van der Waals surface area contributed by atoms with Crippen molar-refractivity contribution in [1.82, 2.24) is 5.16 Å². The van der Waals surface area contributed by atoms with Gasteiger partial charge in [0.2, 0.25) is 0 Å². The van der Waals surface area contributed by atoms with Crippen molar-refractivity contribution in [3.63, 3.8) is 0 Å². The van der Waals surface area contributed by atoms with Crippen LogP contribution in [0.4, 0.5) is 13.2 Å². The van der Waals surface area contributed by atoms with Gasteiger partial charge >= 0.3 is 6.18 Å². The smallest absolute Gasteiger partial charge is 0.356 e. The zero-order valence-corrected chi connectivity index (χ0v) is 9.61. The van der Waals surface area contributed by atoms with Crippen LogP contribution in [0.15, 0.2) is 53.1 Å². The van der Waals surface area contributed by atoms with Crippen LogP contribution in [0.25, 0.3) is 22.1 Å². The second kappa shape index (κ2) is 4.12. The molecule has 1 heterocycles. The Bertz CT molecular complexity index is 731. The fourth-order valence-corrected chi connectivity index (χ4v) is 1.89. The van der Waals surface area contributed by atoms with E-state index in [1.165, 1.54) is 0 Å². The second-order valence-corrected chi connectivity index (χ2v) is 4.14. The molecular formula is C14H8F3NO. The molecule has 0 saturated carbocycles. The predicted molar refractivity (Wildman–Crippen MR) is 64.4 cm³/mol. The van der Waals surface area contributed by atoms with Crippen LogP contribution in [0.2, 0.25) is 0 Å². The molecule has 2 nitrogen and oxygen atoms in total. The highest BCUT2D eigenvalue weighted by molar-refractivity contribution is 5.86. The van der Waals surface area contributed by atoms with Gasteiger partial charge in [-0.25, -0.2) is 0 Å². The van der Waals surface area contributed by atoms with E-state index in [1.54, 1.807) is 12.1 Å². The van der Waals surface area contributed by atoms with Crippen molar-refractivity contribution in [2.45, 2.75) is 6.18 Å². The summed E-state index contributed by atoms with van der Waals surface area (Å²) in [6, 6.07) is 13.8. The highest BCUT2D eigenvalue weighted by Crippen LogP contribution is 2.32. The van der Waals surface area contributed by atoms with E-state index in [0.29, 0.717) is 5.56 Å². The van der Waals surface area contributed by atoms with Gasteiger partial charge in [0.25, 0.3) is 0 Å². The molecular weight excluding hydrogens is 255 g/mol. The van der Waals surface area contributed by atoms with Crippen molar-refractivity contribution in [3.8, 4) is 11.3 Å². The van der Waals surface area contributed by atoms with Gasteiger partial charge in [0, 0.05) is 11.6 Å². The average Bonchev–Trinajstić information content (AvgIpc) is 2.87. The number of fused-ring (bicyclic) bond motifs is 1. The minimum Gasteiger partial charge on any atom is -0.356 e. The first-order chi connectivity index (χ1) is 9.04. The van der Waals surface area contributed by atoms with Crippen LogP contribution in [0.1, 0.15) is 5.69 Å². The van der Waals surface area contributed by atoms with E-state index in [4.69, 9.17) is 4.52 Å². The summed E-state index contributed by atoms with van der Waals surface area (Å²) in [7, 11) is 0. The minimum atomic E-state index is -4.49. The molecule has 0 fully saturated rings. The first-order valence-corrected chi connectivity index (χ1v) is 5.57. The third kappa shape index (κ3) is 2.19. The van der Waals surface area contributed by atoms with Gasteiger partial charge in [-0.1, -0.05) is 41.6 Å². The molecule has 19 heavy (non-hydrogen) atoms. The maximum absolute atomic E-state index is 12.4. The fourth-order valence-electron chi connectivity index (χ4n) is 1.89. The van der Waals surface area contributed by atoms with Crippen LogP contribution in [-0.2, 0) is 6.18 Å². The highest BCUT2D eigenvalue weighted by atomic mass is 19.4. The molecule has 0 radical (unpaired) electrons. The molecule has 5 heteroatoms. The minimum absolute atomic E-state index is 0.109. The lowest BCUT2D eigenvalue weighted by Crippen LogP contribution is -2.04. The summed E-state index contributed by atoms with van der Waals surface area (Å²) >= 11 is 0. The van der Waals surface area contributed by atoms with Crippen LogP contribution >= 0.6 is 0 Å². The van der Waals surface area contributed by atoms with Gasteiger partial charge in [0.05, 0.1) is 0 Å². The molecule has 1 aromatic heterocycles. The zero-order valence-electron chi connectivity index (χ0n) is 9.61. The van der Waals surface area contributed by atoms with Crippen molar-refractivity contribution in [3.05, 3.63) is 54.2 Å². The van der Waals surface area contributed by atoms with E-state index in [1.807, 2.05) is 30.3 Å². The molecule has 0 N–H and O–H groups in total. The van der Waals surface area contributed by atoms with Crippen molar-refractivity contribution in [2.24, 2.45) is 0 Å². The van der Waals surface area contributed by atoms with Crippen molar-refractivity contribution in [2.75, 3.05) is 0 Å². The molecule has 0 spiro atoms. The molecule has 0 unspecified atom stereocenters. The number of benzene rings is 2. The number of aromatic nitrogens is 1. The van der Waals surface area contributed by atoms with E-state index < -0.39 is 11.9 Å². The van der Waals surface area contributed by atoms with Gasteiger partial charge in [-0.15, -0.1) is 0 Å². The molecule has 0 atom stereocenters. The molecule has 0 saturated heterocycles. The Morgan fingerprint density at radius 2 is 1.63 bits per heavy atom. The summed E-state index contributed by atoms with van der Waals surface area (Å²) in [4.78, 5) is 0. The highest BCUT2D eigenvalue weighted by Gasteiger charge is 2.35. The molecule has 0 aliphatic rings. The first kappa shape index (κ1) is 11.8. The molecule has 0 amide bonds. The summed E-state index contributed by atoms with van der Waals surface area (Å²) in [5, 5.41) is 4.99. The quantitative estimate of drug-likeness (QED) is 0.645. The number of halogens is 3. The number of nitrogens with zero attached hydrogens (tertiary/aromatic N) is 1. The standard InChI is InChI=1S/C14H8F3NO/c15-14(16,17)13-8-12(19-18-13)11-6-5-9-3-1-2-4-10(9)7-11/h1-8H. The third-order valence-corrected chi connectivity index (χ3v) is 2.83. The van der Waals surface area contributed by atoms with Gasteiger partial charge in [-0.2, -0.15) is 13.2 Å². The van der Waals surface area contributed by atoms with Gasteiger partial charge in [0.15, 0.2) is 11.5 Å². The van der Waals surface area contributed by atoms with Gasteiger partial charge in [0.1, 0.15) is 0 Å². The number of alkyl halides is 3. The Morgan fingerprint density at radius 3 is 2.32 bits per heavy atom. The van der Waals surface area contributed by atoms with Crippen LogP contribution in [0, 0.1) is 0 Å². The van der Waals surface area contributed by atoms with Crippen LogP contribution in [-0.4, -0.2) is 5.16 Å². The van der Waals surface area contributed by atoms with Gasteiger partial charge < -0.3 is 4.52 Å². The summed E-state index contributed by atoms with van der Waals surface area (Å²) in [5.41, 5.74) is -0.447. The monoisotopic (exact) mass is 263 g/mol. The van der Waals surface area contributed by atoms with Crippen LogP contribution in [0.3, 0.4) is 0 Å². The maximum Gasteiger partial charge on any atom is 0.436 e. The van der Waals surface area contributed by atoms with Gasteiger partial charge in [-0.05, 0) is 16.8 Å². The fraction of sp³-hybridized carbons (Fsp3) is 0.0714. The number of hydrogen-bond acceptors (Lipinski definition) is 2. The lowest BCUT2D eigenvalue weighted by Gasteiger charge is -2.00. The van der Waals surface area contributed by atoms with Crippen molar-refractivity contribution in [1.29, 1.82) is 0 Å². The largest absolute Gasteiger partial charge is 0.436 e. The van der Waals surface area contributed by atoms with Crippen LogP contribution in [0.5, 0.6) is 0 Å². The van der Waals surface area contributed by atoms with E-state index >= 15 is 0 Å². The summed E-state index contributed by atoms with van der Waals surface area (Å²) in [5.74, 6) is 0.109. The topological polar surface area (TPSA) is 26.0 Å². The second-order valence-electron chi connectivity index (χ2n) is 4.14. The lowest BCUT2D eigenvalue weighted by atomic mass is 10.1. The van der Waals surface area contributed by atoms with E-state index in [-0.39, 0.29) is 5.76 Å². The first-order valence-electron chi connectivity index (χ1n) is 5.57. The molecule has 3 aromatic rings. The summed E-state index contributed by atoms with van der Waals surface area (Å²) < 4.78 is 42.1. The summed E-state index contributed by atoms with van der Waals surface area (Å²) in [6.45, 7) is 0.